The first kappa shape index (κ1) is 15.6. The van der Waals surface area contributed by atoms with E-state index in [4.69, 9.17) is 0 Å². The van der Waals surface area contributed by atoms with E-state index in [2.05, 4.69) is 20.2 Å². The minimum Gasteiger partial charge on any atom is -0.356 e. The highest BCUT2D eigenvalue weighted by Gasteiger charge is 2.44. The average Bonchev–Trinajstić information content (AvgIpc) is 3.18. The van der Waals surface area contributed by atoms with Crippen LogP contribution in [0, 0.1) is 5.82 Å². The molecule has 1 aromatic heterocycles. The molecule has 3 rings (SSSR count). The van der Waals surface area contributed by atoms with Crippen molar-refractivity contribution in [1.82, 2.24) is 15.2 Å². The van der Waals surface area contributed by atoms with Gasteiger partial charge in [-0.3, -0.25) is 4.99 Å². The van der Waals surface area contributed by atoms with Crippen LogP contribution >= 0.6 is 0 Å². The Morgan fingerprint density at radius 1 is 1.17 bits per heavy atom. The van der Waals surface area contributed by atoms with Crippen molar-refractivity contribution >= 4 is 5.96 Å². The van der Waals surface area contributed by atoms with E-state index in [9.17, 15) is 4.39 Å². The third-order valence-electron chi connectivity index (χ3n) is 4.46. The van der Waals surface area contributed by atoms with Crippen LogP contribution in [0.15, 0.2) is 53.8 Å². The highest BCUT2D eigenvalue weighted by atomic mass is 19.1. The van der Waals surface area contributed by atoms with Gasteiger partial charge >= 0.3 is 0 Å². The minimum absolute atomic E-state index is 0.131. The lowest BCUT2D eigenvalue weighted by atomic mass is 9.96. The van der Waals surface area contributed by atoms with Gasteiger partial charge in [0.15, 0.2) is 5.96 Å². The normalized spacial score (nSPS) is 16.2. The van der Waals surface area contributed by atoms with E-state index in [1.165, 1.54) is 5.56 Å². The summed E-state index contributed by atoms with van der Waals surface area (Å²) in [6.07, 6.45) is 6.36. The lowest BCUT2D eigenvalue weighted by Crippen LogP contribution is -2.42. The molecule has 0 unspecified atom stereocenters. The van der Waals surface area contributed by atoms with E-state index in [0.717, 1.165) is 38.4 Å². The van der Waals surface area contributed by atoms with Crippen LogP contribution in [0.4, 0.5) is 4.39 Å². The van der Waals surface area contributed by atoms with Gasteiger partial charge in [-0.05, 0) is 42.7 Å². The van der Waals surface area contributed by atoms with Crippen LogP contribution in [0.25, 0.3) is 0 Å². The fraction of sp³-hybridized carbons (Fsp3) is 0.389. The molecule has 0 radical (unpaired) electrons. The van der Waals surface area contributed by atoms with Crippen molar-refractivity contribution in [2.75, 3.05) is 20.1 Å². The molecule has 2 aromatic rings. The molecule has 5 heteroatoms. The Labute approximate surface area is 136 Å². The van der Waals surface area contributed by atoms with Crippen molar-refractivity contribution in [3.63, 3.8) is 0 Å². The van der Waals surface area contributed by atoms with Crippen molar-refractivity contribution in [1.29, 1.82) is 0 Å². The molecular weight excluding hydrogens is 291 g/mol. The van der Waals surface area contributed by atoms with E-state index < -0.39 is 0 Å². The van der Waals surface area contributed by atoms with Crippen LogP contribution in [-0.2, 0) is 12.0 Å². The SMILES string of the molecule is CN=C(NCCn1cccc1)NCC1(c2ccc(F)cc2)CC1. The summed E-state index contributed by atoms with van der Waals surface area (Å²) in [5.74, 6) is 0.630. The van der Waals surface area contributed by atoms with Gasteiger partial charge < -0.3 is 15.2 Å². The summed E-state index contributed by atoms with van der Waals surface area (Å²) in [5.41, 5.74) is 1.33. The molecule has 0 amide bonds. The van der Waals surface area contributed by atoms with Gasteiger partial charge in [0.05, 0.1) is 0 Å². The molecule has 1 fully saturated rings. The zero-order chi connectivity index (χ0) is 16.1. The van der Waals surface area contributed by atoms with E-state index in [1.807, 2.05) is 36.7 Å². The quantitative estimate of drug-likeness (QED) is 0.635. The first-order valence-electron chi connectivity index (χ1n) is 8.03. The summed E-state index contributed by atoms with van der Waals surface area (Å²) in [5, 5.41) is 6.73. The Bertz CT molecular complexity index is 642. The first-order chi connectivity index (χ1) is 11.2. The van der Waals surface area contributed by atoms with Crippen molar-refractivity contribution in [3.05, 3.63) is 60.2 Å². The molecule has 2 N–H and O–H groups in total. The second-order valence-electron chi connectivity index (χ2n) is 6.06. The predicted molar refractivity (Wildman–Crippen MR) is 91.1 cm³/mol. The van der Waals surface area contributed by atoms with Crippen LogP contribution in [0.5, 0.6) is 0 Å². The molecule has 1 heterocycles. The van der Waals surface area contributed by atoms with Crippen LogP contribution in [0.1, 0.15) is 18.4 Å². The van der Waals surface area contributed by atoms with Crippen molar-refractivity contribution in [2.45, 2.75) is 24.8 Å². The topological polar surface area (TPSA) is 41.4 Å². The molecule has 0 aliphatic heterocycles. The molecule has 1 saturated carbocycles. The zero-order valence-corrected chi connectivity index (χ0v) is 13.4. The van der Waals surface area contributed by atoms with Crippen LogP contribution in [0.3, 0.4) is 0 Å². The Balaban J connectivity index is 1.49. The number of hydrogen-bond donors (Lipinski definition) is 2. The van der Waals surface area contributed by atoms with Gasteiger partial charge in [0.25, 0.3) is 0 Å². The average molecular weight is 314 g/mol. The van der Waals surface area contributed by atoms with Crippen LogP contribution < -0.4 is 10.6 Å². The Morgan fingerprint density at radius 3 is 2.48 bits per heavy atom. The second kappa shape index (κ2) is 6.86. The number of aromatic nitrogens is 1. The zero-order valence-electron chi connectivity index (χ0n) is 13.4. The smallest absolute Gasteiger partial charge is 0.191 e. The number of benzene rings is 1. The summed E-state index contributed by atoms with van der Waals surface area (Å²) in [7, 11) is 1.78. The third kappa shape index (κ3) is 3.92. The van der Waals surface area contributed by atoms with Crippen LogP contribution in [0.2, 0.25) is 0 Å². The summed E-state index contributed by atoms with van der Waals surface area (Å²) in [6, 6.07) is 10.9. The summed E-state index contributed by atoms with van der Waals surface area (Å²) in [4.78, 5) is 4.27. The van der Waals surface area contributed by atoms with Gasteiger partial charge in [-0.2, -0.15) is 0 Å². The molecule has 0 atom stereocenters. The van der Waals surface area contributed by atoms with Gasteiger partial charge in [-0.25, -0.2) is 4.39 Å². The molecule has 1 aliphatic rings. The van der Waals surface area contributed by atoms with Crippen molar-refractivity contribution < 1.29 is 4.39 Å². The number of aliphatic imine (C=N–C) groups is 1. The summed E-state index contributed by atoms with van der Waals surface area (Å²) >= 11 is 0. The Kier molecular flexibility index (Phi) is 4.65. The van der Waals surface area contributed by atoms with Gasteiger partial charge in [-0.1, -0.05) is 12.1 Å². The molecule has 1 aromatic carbocycles. The van der Waals surface area contributed by atoms with Crippen molar-refractivity contribution in [2.24, 2.45) is 4.99 Å². The van der Waals surface area contributed by atoms with Gasteiger partial charge in [0, 0.05) is 44.5 Å². The number of guanidine groups is 1. The molecule has 0 saturated heterocycles. The van der Waals surface area contributed by atoms with Crippen LogP contribution in [-0.4, -0.2) is 30.7 Å². The number of nitrogens with zero attached hydrogens (tertiary/aromatic N) is 2. The molecule has 0 spiro atoms. The maximum atomic E-state index is 13.1. The third-order valence-corrected chi connectivity index (χ3v) is 4.46. The van der Waals surface area contributed by atoms with Gasteiger partial charge in [0.1, 0.15) is 5.82 Å². The maximum absolute atomic E-state index is 13.1. The minimum atomic E-state index is -0.181. The van der Waals surface area contributed by atoms with Gasteiger partial charge in [0.2, 0.25) is 0 Å². The fourth-order valence-electron chi connectivity index (χ4n) is 2.82. The first-order valence-corrected chi connectivity index (χ1v) is 8.03. The number of halogens is 1. The number of hydrogen-bond acceptors (Lipinski definition) is 1. The van der Waals surface area contributed by atoms with E-state index in [1.54, 1.807) is 19.2 Å². The molecule has 122 valence electrons. The lowest BCUT2D eigenvalue weighted by molar-refractivity contribution is 0.614. The fourth-order valence-corrected chi connectivity index (χ4v) is 2.82. The summed E-state index contributed by atoms with van der Waals surface area (Å²) in [6.45, 7) is 2.54. The monoisotopic (exact) mass is 314 g/mol. The second-order valence-corrected chi connectivity index (χ2v) is 6.06. The molecule has 23 heavy (non-hydrogen) atoms. The van der Waals surface area contributed by atoms with E-state index in [0.29, 0.717) is 0 Å². The predicted octanol–water partition coefficient (Wildman–Crippen LogP) is 2.52. The highest BCUT2D eigenvalue weighted by molar-refractivity contribution is 5.79. The Morgan fingerprint density at radius 2 is 1.87 bits per heavy atom. The molecule has 1 aliphatic carbocycles. The van der Waals surface area contributed by atoms with Crippen molar-refractivity contribution in [3.8, 4) is 0 Å². The van der Waals surface area contributed by atoms with Gasteiger partial charge in [-0.15, -0.1) is 0 Å². The maximum Gasteiger partial charge on any atom is 0.191 e. The standard InChI is InChI=1S/C18H23FN4/c1-20-17(21-10-13-23-11-2-3-12-23)22-14-18(8-9-18)15-4-6-16(19)7-5-15/h2-7,11-12H,8-10,13-14H2,1H3,(H2,20,21,22). The van der Waals surface area contributed by atoms with E-state index >= 15 is 0 Å². The molecule has 0 bridgehead atoms. The highest BCUT2D eigenvalue weighted by Crippen LogP contribution is 2.47. The molecular formula is C18H23FN4. The summed E-state index contributed by atoms with van der Waals surface area (Å²) < 4.78 is 15.2. The number of nitrogens with one attached hydrogen (secondary N) is 2. The number of rotatable bonds is 6. The van der Waals surface area contributed by atoms with E-state index in [-0.39, 0.29) is 11.2 Å². The Hall–Kier alpha value is -2.30. The molecule has 4 nitrogen and oxygen atoms in total. The lowest BCUT2D eigenvalue weighted by Gasteiger charge is -2.19. The largest absolute Gasteiger partial charge is 0.356 e.